The minimum atomic E-state index is -6.35. The Morgan fingerprint density at radius 2 is 1.38 bits per heavy atom. The third-order valence-electron chi connectivity index (χ3n) is 9.33. The molecular formula is C38H31N3O15P3S-3. The highest BCUT2D eigenvalue weighted by atomic mass is 32.2. The van der Waals surface area contributed by atoms with E-state index in [9.17, 15) is 41.6 Å². The number of rotatable bonds is 16. The third-order valence-corrected chi connectivity index (χ3v) is 15.3. The molecule has 18 nitrogen and oxygen atoms in total. The molecule has 4 unspecified atom stereocenters. The summed E-state index contributed by atoms with van der Waals surface area (Å²) in [5.41, 5.74) is -0.190. The van der Waals surface area contributed by atoms with Crippen LogP contribution in [0.3, 0.4) is 0 Å². The van der Waals surface area contributed by atoms with Crippen LogP contribution < -0.4 is 30.4 Å². The Bertz CT molecular complexity index is 3000. The van der Waals surface area contributed by atoms with Crippen molar-refractivity contribution in [3.05, 3.63) is 138 Å². The number of benzene rings is 6. The number of para-hydroxylation sites is 2. The fraction of sp³-hybridized carbons (Fsp3) is 0.158. The molecule has 1 saturated heterocycles. The fourth-order valence-corrected chi connectivity index (χ4v) is 11.8. The number of hydrogen-bond acceptors (Lipinski definition) is 17. The summed E-state index contributed by atoms with van der Waals surface area (Å²) in [7, 11) is -22.6. The average molecular weight is 895 g/mol. The quantitative estimate of drug-likeness (QED) is 0.0969. The molecule has 1 N–H and O–H groups in total. The van der Waals surface area contributed by atoms with E-state index in [1.807, 2.05) is 30.3 Å². The Morgan fingerprint density at radius 3 is 2.08 bits per heavy atom. The number of anilines is 2. The zero-order valence-electron chi connectivity index (χ0n) is 30.7. The molecule has 312 valence electrons. The lowest BCUT2D eigenvalue weighted by Crippen LogP contribution is -2.40. The lowest BCUT2D eigenvalue weighted by Gasteiger charge is -2.35. The normalized spacial score (nSPS) is 20.1. The second-order valence-electron chi connectivity index (χ2n) is 13.3. The first kappa shape index (κ1) is 41.9. The molecular weight excluding hydrogens is 863 g/mol. The second-order valence-corrected chi connectivity index (χ2v) is 19.9. The molecule has 0 spiro atoms. The number of aromatic nitrogens is 2. The summed E-state index contributed by atoms with van der Waals surface area (Å²) in [4.78, 5) is 55.2. The van der Waals surface area contributed by atoms with E-state index in [1.54, 1.807) is 66.7 Å². The van der Waals surface area contributed by atoms with Crippen molar-refractivity contribution in [1.82, 2.24) is 9.55 Å². The minimum Gasteiger partial charge on any atom is -0.756 e. The van der Waals surface area contributed by atoms with Crippen LogP contribution in [0, 0.1) is 0 Å². The van der Waals surface area contributed by atoms with Gasteiger partial charge in [0.05, 0.1) is 23.9 Å². The molecule has 6 atom stereocenters. The Balaban J connectivity index is 0.927. The van der Waals surface area contributed by atoms with E-state index in [-0.39, 0.29) is 16.5 Å². The number of phosphoric acid groups is 3. The van der Waals surface area contributed by atoms with Gasteiger partial charge in [0.1, 0.15) is 17.7 Å². The lowest BCUT2D eigenvalue weighted by atomic mass is 9.94. The highest BCUT2D eigenvalue weighted by Crippen LogP contribution is 2.63. The molecule has 1 fully saturated rings. The van der Waals surface area contributed by atoms with E-state index in [4.69, 9.17) is 14.0 Å². The van der Waals surface area contributed by atoms with Gasteiger partial charge in [0, 0.05) is 17.3 Å². The molecule has 7 aromatic rings. The summed E-state index contributed by atoms with van der Waals surface area (Å²) in [6.07, 6.45) is -3.19. The Kier molecular flexibility index (Phi) is 11.6. The Hall–Kier alpha value is -4.84. The largest absolute Gasteiger partial charge is 0.756 e. The zero-order valence-corrected chi connectivity index (χ0v) is 34.2. The maximum Gasteiger partial charge on any atom is 0.351 e. The molecule has 1 aliphatic heterocycles. The van der Waals surface area contributed by atoms with Crippen molar-refractivity contribution in [1.29, 1.82) is 0 Å². The molecule has 1 aliphatic rings. The lowest BCUT2D eigenvalue weighted by molar-refractivity contribution is -0.252. The maximum absolute atomic E-state index is 13.5. The van der Waals surface area contributed by atoms with Crippen LogP contribution >= 0.6 is 23.5 Å². The van der Waals surface area contributed by atoms with Crippen LogP contribution in [-0.2, 0) is 45.9 Å². The molecule has 22 heteroatoms. The first-order valence-corrected chi connectivity index (χ1v) is 23.9. The van der Waals surface area contributed by atoms with Crippen molar-refractivity contribution in [2.75, 3.05) is 24.3 Å². The van der Waals surface area contributed by atoms with Crippen LogP contribution in [0.2, 0.25) is 0 Å². The topological polar surface area (TPSA) is 257 Å². The van der Waals surface area contributed by atoms with E-state index in [2.05, 4.69) is 23.4 Å². The van der Waals surface area contributed by atoms with Crippen LogP contribution in [-0.4, -0.2) is 49.1 Å². The van der Waals surface area contributed by atoms with Gasteiger partial charge in [-0.2, -0.15) is 4.98 Å². The van der Waals surface area contributed by atoms with E-state index in [1.165, 1.54) is 30.5 Å². The molecule has 0 saturated carbocycles. The van der Waals surface area contributed by atoms with Crippen LogP contribution in [0.25, 0.3) is 32.3 Å². The maximum atomic E-state index is 13.5. The smallest absolute Gasteiger partial charge is 0.351 e. The molecule has 6 aromatic carbocycles. The number of hydrogen-bond donors (Lipinski definition) is 1. The number of phosphoric ester groups is 2. The summed E-state index contributed by atoms with van der Waals surface area (Å²) in [5.74, 6) is -0.571. The molecule has 0 radical (unpaired) electrons. The molecule has 2 heterocycles. The summed E-state index contributed by atoms with van der Waals surface area (Å²) >= 11 is 0. The van der Waals surface area contributed by atoms with Crippen molar-refractivity contribution in [2.45, 2.75) is 23.3 Å². The Labute approximate surface area is 341 Å². The molecule has 1 aromatic heterocycles. The number of nitrogens with zero attached hydrogens (tertiary/aromatic N) is 2. The van der Waals surface area contributed by atoms with E-state index in [0.29, 0.717) is 16.5 Å². The Morgan fingerprint density at radius 1 is 0.750 bits per heavy atom. The third kappa shape index (κ3) is 9.23. The highest BCUT2D eigenvalue weighted by molar-refractivity contribution is 7.91. The van der Waals surface area contributed by atoms with Gasteiger partial charge in [-0.15, -0.1) is 0 Å². The van der Waals surface area contributed by atoms with Gasteiger partial charge in [-0.05, 0) is 63.3 Å². The number of ether oxygens (including phenoxy) is 2. The minimum absolute atomic E-state index is 0.119. The van der Waals surface area contributed by atoms with Crippen molar-refractivity contribution in [2.24, 2.45) is 0 Å². The van der Waals surface area contributed by atoms with E-state index < -0.39 is 76.4 Å². The van der Waals surface area contributed by atoms with E-state index >= 15 is 0 Å². The molecule has 8 rings (SSSR count). The van der Waals surface area contributed by atoms with Crippen LogP contribution in [0.4, 0.5) is 11.5 Å². The summed E-state index contributed by atoms with van der Waals surface area (Å²) in [5, 5.41) is 7.44. The van der Waals surface area contributed by atoms with Crippen LogP contribution in [0.5, 0.6) is 5.75 Å². The van der Waals surface area contributed by atoms with E-state index in [0.717, 1.165) is 26.1 Å². The molecule has 0 amide bonds. The molecule has 0 bridgehead atoms. The van der Waals surface area contributed by atoms with Crippen molar-refractivity contribution in [3.63, 3.8) is 0 Å². The van der Waals surface area contributed by atoms with Gasteiger partial charge in [0.2, 0.25) is 0 Å². The first-order valence-electron chi connectivity index (χ1n) is 17.9. The monoisotopic (exact) mass is 894 g/mol. The zero-order chi connectivity index (χ0) is 42.3. The van der Waals surface area contributed by atoms with Gasteiger partial charge in [-0.1, -0.05) is 84.9 Å². The molecule has 60 heavy (non-hydrogen) atoms. The van der Waals surface area contributed by atoms with Crippen molar-refractivity contribution < 1.29 is 63.9 Å². The van der Waals surface area contributed by atoms with Crippen LogP contribution in [0.15, 0.2) is 137 Å². The van der Waals surface area contributed by atoms with Crippen molar-refractivity contribution in [3.8, 4) is 5.75 Å². The fourth-order valence-electron chi connectivity index (χ4n) is 6.85. The van der Waals surface area contributed by atoms with Gasteiger partial charge in [0.25, 0.3) is 23.5 Å². The second kappa shape index (κ2) is 16.6. The van der Waals surface area contributed by atoms with Gasteiger partial charge in [-0.3, -0.25) is 18.3 Å². The van der Waals surface area contributed by atoms with Gasteiger partial charge in [-0.25, -0.2) is 21.8 Å². The summed E-state index contributed by atoms with van der Waals surface area (Å²) in [6.45, 7) is -1.70. The highest BCUT2D eigenvalue weighted by Gasteiger charge is 2.44. The van der Waals surface area contributed by atoms with Gasteiger partial charge >= 0.3 is 5.69 Å². The number of nitrogens with one attached hydrogen (secondary N) is 1. The van der Waals surface area contributed by atoms with Crippen molar-refractivity contribution >= 4 is 77.1 Å². The standard InChI is InChI=1S/C38H34N3O15P3S/c42-38-40-33(39-28-10-3-1-4-11-28)20-21-41(38)37-36(53-29-12-5-2-6-13-29)31(24-51-37)54-58(45,46)56-59(47,48)55-57(43,44)52-22-23-60(49,50)32-19-17-27-15-14-25-8-7-9-26-16-18-30(32)35(27)34(25)26/h1-21,31,36-37H,22-24H2,(H,43,44)(H,45,46)(H,47,48)(H,39,40,42)/p-3/t31?,36-,37+/m0/s1. The SMILES string of the molecule is O=c1nc(Nc2ccccc2)ccn1[C@@H]1OCC(OP(=O)([O-])OP(=O)([O-])OP(=O)([O-])OCCS(=O)(=O)c2ccc3ccc4cccc5ccc2c3c45)[C@@H]1Oc1ccccc1. The van der Waals surface area contributed by atoms with Gasteiger partial charge in [0.15, 0.2) is 22.2 Å². The molecule has 0 aliphatic carbocycles. The predicted molar refractivity (Wildman–Crippen MR) is 212 cm³/mol. The van der Waals surface area contributed by atoms with Gasteiger partial charge < -0.3 is 38.5 Å². The predicted octanol–water partition coefficient (Wildman–Crippen LogP) is 5.17. The summed E-state index contributed by atoms with van der Waals surface area (Å²) < 4.78 is 95.3. The average Bonchev–Trinajstić information content (AvgIpc) is 3.56. The summed E-state index contributed by atoms with van der Waals surface area (Å²) in [6, 6.07) is 34.0. The number of sulfone groups is 1. The van der Waals surface area contributed by atoms with Crippen LogP contribution in [0.1, 0.15) is 6.23 Å². The first-order chi connectivity index (χ1) is 28.6.